The third-order valence-electron chi connectivity index (χ3n) is 9.18. The number of ether oxygens (including phenoxy) is 1. The van der Waals surface area contributed by atoms with Crippen molar-refractivity contribution in [3.63, 3.8) is 0 Å². The highest BCUT2D eigenvalue weighted by molar-refractivity contribution is 6.03. The van der Waals surface area contributed by atoms with E-state index in [1.807, 2.05) is 6.07 Å². The molecule has 2 aliphatic carbocycles. The van der Waals surface area contributed by atoms with Crippen molar-refractivity contribution in [3.8, 4) is 11.5 Å². The second-order valence-corrected chi connectivity index (χ2v) is 11.5. The summed E-state index contributed by atoms with van der Waals surface area (Å²) in [6.45, 7) is 4.70. The third kappa shape index (κ3) is 3.90. The molecule has 4 aliphatic rings. The normalized spacial score (nSPS) is 30.3. The van der Waals surface area contributed by atoms with E-state index in [4.69, 9.17) is 4.74 Å². The van der Waals surface area contributed by atoms with Crippen LogP contribution in [0.25, 0.3) is 0 Å². The minimum atomic E-state index is -4.50. The summed E-state index contributed by atoms with van der Waals surface area (Å²) in [6, 6.07) is 7.16. The summed E-state index contributed by atoms with van der Waals surface area (Å²) in [5, 5.41) is 36.9. The number of hydrogen-bond acceptors (Lipinski definition) is 6. The molecule has 4 N–H and O–H groups in total. The minimum Gasteiger partial charge on any atom is -0.508 e. The fourth-order valence-corrected chi connectivity index (χ4v) is 6.85. The summed E-state index contributed by atoms with van der Waals surface area (Å²) >= 11 is 0. The molecule has 2 aromatic carbocycles. The van der Waals surface area contributed by atoms with Gasteiger partial charge in [0.05, 0.1) is 22.2 Å². The van der Waals surface area contributed by atoms with Crippen LogP contribution in [0.15, 0.2) is 47.7 Å². The molecule has 208 valence electrons. The molecule has 7 nitrogen and oxygen atoms in total. The Morgan fingerprint density at radius 1 is 1.18 bits per heavy atom. The Kier molecular flexibility index (Phi) is 5.75. The Labute approximate surface area is 223 Å². The lowest BCUT2D eigenvalue weighted by Gasteiger charge is -2.59. The van der Waals surface area contributed by atoms with Crippen molar-refractivity contribution in [3.05, 3.63) is 64.4 Å². The van der Waals surface area contributed by atoms with Gasteiger partial charge in [0.15, 0.2) is 17.6 Å². The maximum absolute atomic E-state index is 13.1. The number of phenolic OH excluding ortho intramolecular Hbond substituents is 1. The molecule has 1 spiro atoms. The zero-order valence-electron chi connectivity index (χ0n) is 21.7. The Morgan fingerprint density at radius 3 is 2.51 bits per heavy atom. The van der Waals surface area contributed by atoms with Crippen molar-refractivity contribution in [2.24, 2.45) is 5.92 Å². The maximum Gasteiger partial charge on any atom is 0.416 e. The lowest BCUT2D eigenvalue weighted by atomic mass is 9.53. The minimum absolute atomic E-state index is 0.0959. The number of hydrogen-bond donors (Lipinski definition) is 4. The highest BCUT2D eigenvalue weighted by Crippen LogP contribution is 2.63. The number of aliphatic hydroxyl groups is 2. The van der Waals surface area contributed by atoms with Crippen molar-refractivity contribution in [2.75, 3.05) is 18.4 Å². The average Bonchev–Trinajstić information content (AvgIpc) is 3.62. The number of nitrogens with one attached hydrogen (secondary N) is 1. The first kappa shape index (κ1) is 26.0. The van der Waals surface area contributed by atoms with Crippen LogP contribution in [0.5, 0.6) is 11.5 Å². The molecule has 1 saturated carbocycles. The van der Waals surface area contributed by atoms with Gasteiger partial charge >= 0.3 is 6.18 Å². The Morgan fingerprint density at radius 2 is 1.87 bits per heavy atom. The van der Waals surface area contributed by atoms with Crippen molar-refractivity contribution < 1.29 is 38.0 Å². The average molecular weight is 545 g/mol. The van der Waals surface area contributed by atoms with E-state index in [2.05, 4.69) is 10.2 Å². The number of anilines is 1. The first-order chi connectivity index (χ1) is 18.3. The topological polar surface area (TPSA) is 102 Å². The van der Waals surface area contributed by atoms with Gasteiger partial charge in [0.1, 0.15) is 5.76 Å². The van der Waals surface area contributed by atoms with Crippen LogP contribution < -0.4 is 10.1 Å². The van der Waals surface area contributed by atoms with Gasteiger partial charge in [-0.15, -0.1) is 0 Å². The number of aromatic hydroxyl groups is 1. The number of aliphatic hydroxyl groups excluding tert-OH is 1. The number of likely N-dealkylation sites (tertiary alicyclic amines) is 1. The molecule has 0 radical (unpaired) electrons. The Bertz CT molecular complexity index is 1370. The lowest BCUT2D eigenvalue weighted by molar-refractivity contribution is -0.153. The number of benzene rings is 2. The van der Waals surface area contributed by atoms with Crippen LogP contribution in [0.1, 0.15) is 49.8 Å². The van der Waals surface area contributed by atoms with Gasteiger partial charge in [-0.2, -0.15) is 13.2 Å². The van der Waals surface area contributed by atoms with Crippen LogP contribution in [0, 0.1) is 5.92 Å². The second-order valence-electron chi connectivity index (χ2n) is 11.5. The SMILES string of the molecule is C/C(C(=O)Nc1ccc(C(F)(F)F)cc1)=C(/O)[C@@H]1Oc2c(O)ccc3c2[C@@]12CCN(CC1CC1)[C@H](C3)[C@@]2(C)O. The number of alkyl halides is 3. The zero-order chi connectivity index (χ0) is 27.9. The van der Waals surface area contributed by atoms with E-state index in [0.717, 1.165) is 36.4 Å². The molecule has 1 amide bonds. The number of rotatable bonds is 5. The molecular formula is C29H31F3N2O5. The first-order valence-electron chi connectivity index (χ1n) is 13.2. The number of phenols is 1. The van der Waals surface area contributed by atoms with E-state index < -0.39 is 40.5 Å². The van der Waals surface area contributed by atoms with Crippen LogP contribution in [-0.2, 0) is 22.8 Å². The predicted molar refractivity (Wildman–Crippen MR) is 137 cm³/mol. The van der Waals surface area contributed by atoms with Crippen LogP contribution in [0.2, 0.25) is 0 Å². The molecule has 0 unspecified atom stereocenters. The molecule has 10 heteroatoms. The zero-order valence-corrected chi connectivity index (χ0v) is 21.7. The fraction of sp³-hybridized carbons (Fsp3) is 0.483. The van der Waals surface area contributed by atoms with Crippen LogP contribution >= 0.6 is 0 Å². The van der Waals surface area contributed by atoms with Gasteiger partial charge in [-0.3, -0.25) is 9.69 Å². The van der Waals surface area contributed by atoms with E-state index in [1.165, 1.54) is 19.8 Å². The number of carbonyl (C=O) groups is 1. The molecular weight excluding hydrogens is 513 g/mol. The molecule has 6 rings (SSSR count). The van der Waals surface area contributed by atoms with Gasteiger partial charge in [0.25, 0.3) is 5.91 Å². The number of amides is 1. The Hall–Kier alpha value is -3.24. The molecule has 2 fully saturated rings. The fourth-order valence-electron chi connectivity index (χ4n) is 6.85. The van der Waals surface area contributed by atoms with Crippen molar-refractivity contribution in [2.45, 2.75) is 68.9 Å². The van der Waals surface area contributed by atoms with Gasteiger partial charge in [-0.25, -0.2) is 0 Å². The quantitative estimate of drug-likeness (QED) is 0.322. The van der Waals surface area contributed by atoms with E-state index in [9.17, 15) is 33.3 Å². The molecule has 39 heavy (non-hydrogen) atoms. The number of carbonyl (C=O) groups excluding carboxylic acids is 1. The lowest BCUT2D eigenvalue weighted by Crippen LogP contribution is -2.73. The summed E-state index contributed by atoms with van der Waals surface area (Å²) in [4.78, 5) is 15.4. The van der Waals surface area contributed by atoms with Crippen molar-refractivity contribution in [1.82, 2.24) is 4.90 Å². The highest BCUT2D eigenvalue weighted by Gasteiger charge is 2.69. The molecule has 2 heterocycles. The summed E-state index contributed by atoms with van der Waals surface area (Å²) in [5.74, 6) is -0.394. The number of fused-ring (bicyclic) bond motifs is 1. The number of halogens is 3. The van der Waals surface area contributed by atoms with Gasteiger partial charge in [-0.05, 0) is 87.9 Å². The van der Waals surface area contributed by atoms with E-state index in [-0.39, 0.29) is 28.8 Å². The first-order valence-corrected chi connectivity index (χ1v) is 13.2. The van der Waals surface area contributed by atoms with E-state index in [0.29, 0.717) is 30.9 Å². The molecule has 2 bridgehead atoms. The smallest absolute Gasteiger partial charge is 0.416 e. The van der Waals surface area contributed by atoms with Gasteiger partial charge in [0, 0.05) is 23.8 Å². The number of nitrogens with zero attached hydrogens (tertiary/aromatic N) is 1. The van der Waals surface area contributed by atoms with Gasteiger partial charge in [0.2, 0.25) is 0 Å². The van der Waals surface area contributed by atoms with Gasteiger partial charge in [-0.1, -0.05) is 6.07 Å². The third-order valence-corrected chi connectivity index (χ3v) is 9.18. The van der Waals surface area contributed by atoms with Crippen LogP contribution in [-0.4, -0.2) is 57.0 Å². The van der Waals surface area contributed by atoms with Crippen LogP contribution in [0.3, 0.4) is 0 Å². The summed E-state index contributed by atoms with van der Waals surface area (Å²) in [7, 11) is 0. The van der Waals surface area contributed by atoms with Crippen molar-refractivity contribution in [1.29, 1.82) is 0 Å². The monoisotopic (exact) mass is 544 g/mol. The molecule has 2 aromatic rings. The second kappa shape index (κ2) is 8.63. The van der Waals surface area contributed by atoms with Crippen LogP contribution in [0.4, 0.5) is 18.9 Å². The summed E-state index contributed by atoms with van der Waals surface area (Å²) < 4.78 is 44.9. The summed E-state index contributed by atoms with van der Waals surface area (Å²) in [5.41, 5.74) is -1.67. The molecule has 2 aliphatic heterocycles. The predicted octanol–water partition coefficient (Wildman–Crippen LogP) is 4.67. The van der Waals surface area contributed by atoms with E-state index >= 15 is 0 Å². The van der Waals surface area contributed by atoms with Gasteiger partial charge < -0.3 is 25.4 Å². The number of piperidine rings is 1. The molecule has 4 atom stereocenters. The van der Waals surface area contributed by atoms with E-state index in [1.54, 1.807) is 13.0 Å². The molecule has 1 saturated heterocycles. The largest absolute Gasteiger partial charge is 0.508 e. The highest BCUT2D eigenvalue weighted by atomic mass is 19.4. The maximum atomic E-state index is 13.1. The summed E-state index contributed by atoms with van der Waals surface area (Å²) in [6.07, 6.45) is -2.29. The standard InChI is InChI=1S/C29H31F3N2O5/c1-15(26(37)33-19-8-6-18(7-9-19)29(30,31)32)23(36)25-28-11-12-34(14-16-3-4-16)21(27(28,2)38)13-17-5-10-20(35)24(39-25)22(17)28/h5-10,16,21,25,35-36,38H,3-4,11-14H2,1-2H3,(H,33,37)/b23-15-/t21-,25+,27-,28+/m1/s1. The molecule has 0 aromatic heterocycles. The Balaban J connectivity index is 1.36. The van der Waals surface area contributed by atoms with Crippen molar-refractivity contribution >= 4 is 11.6 Å².